The van der Waals surface area contributed by atoms with Gasteiger partial charge in [0.15, 0.2) is 0 Å². The van der Waals surface area contributed by atoms with Crippen molar-refractivity contribution >= 4 is 5.91 Å². The molecule has 0 aliphatic heterocycles. The lowest BCUT2D eigenvalue weighted by Crippen LogP contribution is -2.32. The highest BCUT2D eigenvalue weighted by Crippen LogP contribution is 2.09. The average Bonchev–Trinajstić information content (AvgIpc) is 2.15. The van der Waals surface area contributed by atoms with Crippen molar-refractivity contribution in [2.75, 3.05) is 6.54 Å². The third kappa shape index (κ3) is 8.43. The van der Waals surface area contributed by atoms with E-state index in [-0.39, 0.29) is 12.0 Å². The first-order valence-electron chi connectivity index (χ1n) is 6.04. The Kier molecular flexibility index (Phi) is 8.38. The molecule has 0 saturated heterocycles. The molecule has 3 heteroatoms. The predicted molar refractivity (Wildman–Crippen MR) is 62.6 cm³/mol. The van der Waals surface area contributed by atoms with Crippen LogP contribution in [0.5, 0.6) is 0 Å². The zero-order chi connectivity index (χ0) is 11.7. The molecule has 2 unspecified atom stereocenters. The first kappa shape index (κ1) is 14.4. The van der Waals surface area contributed by atoms with E-state index in [2.05, 4.69) is 19.2 Å². The van der Waals surface area contributed by atoms with E-state index in [0.717, 1.165) is 25.7 Å². The summed E-state index contributed by atoms with van der Waals surface area (Å²) in [6, 6.07) is 0. The van der Waals surface area contributed by atoms with Crippen molar-refractivity contribution in [3.05, 3.63) is 0 Å². The molecule has 90 valence electrons. The summed E-state index contributed by atoms with van der Waals surface area (Å²) in [5.41, 5.74) is 0. The van der Waals surface area contributed by atoms with Crippen molar-refractivity contribution in [1.29, 1.82) is 0 Å². The molecule has 0 aliphatic rings. The van der Waals surface area contributed by atoms with Crippen molar-refractivity contribution < 1.29 is 9.90 Å². The van der Waals surface area contributed by atoms with Gasteiger partial charge in [-0.3, -0.25) is 4.79 Å². The summed E-state index contributed by atoms with van der Waals surface area (Å²) >= 11 is 0. The van der Waals surface area contributed by atoms with E-state index in [9.17, 15) is 9.90 Å². The maximum Gasteiger partial charge on any atom is 0.220 e. The van der Waals surface area contributed by atoms with Crippen LogP contribution in [0, 0.1) is 5.92 Å². The largest absolute Gasteiger partial charge is 0.391 e. The fourth-order valence-corrected chi connectivity index (χ4v) is 1.65. The van der Waals surface area contributed by atoms with Crippen molar-refractivity contribution in [3.63, 3.8) is 0 Å². The quantitative estimate of drug-likeness (QED) is 0.651. The highest BCUT2D eigenvalue weighted by atomic mass is 16.3. The number of carbonyl (C=O) groups is 1. The maximum atomic E-state index is 11.4. The van der Waals surface area contributed by atoms with E-state index in [1.165, 1.54) is 0 Å². The van der Waals surface area contributed by atoms with E-state index in [4.69, 9.17) is 0 Å². The summed E-state index contributed by atoms with van der Waals surface area (Å²) in [4.78, 5) is 11.4. The topological polar surface area (TPSA) is 49.3 Å². The molecule has 0 aromatic rings. The van der Waals surface area contributed by atoms with Crippen LogP contribution in [0.25, 0.3) is 0 Å². The zero-order valence-corrected chi connectivity index (χ0v) is 10.3. The SMILES string of the molecule is CCCC(C)CC(=O)NCC(O)CCC. The van der Waals surface area contributed by atoms with Gasteiger partial charge in [-0.05, 0) is 12.3 Å². The highest BCUT2D eigenvalue weighted by Gasteiger charge is 2.09. The Morgan fingerprint density at radius 3 is 2.40 bits per heavy atom. The Morgan fingerprint density at radius 1 is 1.27 bits per heavy atom. The van der Waals surface area contributed by atoms with Gasteiger partial charge in [0.25, 0.3) is 0 Å². The lowest BCUT2D eigenvalue weighted by molar-refractivity contribution is -0.122. The Balaban J connectivity index is 3.56. The number of aliphatic hydroxyl groups is 1. The summed E-state index contributed by atoms with van der Waals surface area (Å²) in [5, 5.41) is 12.2. The van der Waals surface area contributed by atoms with Crippen molar-refractivity contribution in [3.8, 4) is 0 Å². The normalized spacial score (nSPS) is 14.7. The van der Waals surface area contributed by atoms with Crippen LogP contribution in [0.4, 0.5) is 0 Å². The number of rotatable bonds is 8. The Morgan fingerprint density at radius 2 is 1.87 bits per heavy atom. The smallest absolute Gasteiger partial charge is 0.220 e. The van der Waals surface area contributed by atoms with Crippen LogP contribution in [0.3, 0.4) is 0 Å². The van der Waals surface area contributed by atoms with E-state index in [1.807, 2.05) is 6.92 Å². The maximum absolute atomic E-state index is 11.4. The third-order valence-corrected chi connectivity index (χ3v) is 2.47. The van der Waals surface area contributed by atoms with Crippen LogP contribution in [0.1, 0.15) is 52.9 Å². The van der Waals surface area contributed by atoms with Crippen molar-refractivity contribution in [2.24, 2.45) is 5.92 Å². The number of carbonyl (C=O) groups excluding carboxylic acids is 1. The van der Waals surface area contributed by atoms with E-state index in [0.29, 0.717) is 18.9 Å². The lowest BCUT2D eigenvalue weighted by Gasteiger charge is -2.13. The molecular weight excluding hydrogens is 190 g/mol. The molecule has 0 aromatic heterocycles. The molecule has 2 atom stereocenters. The van der Waals surface area contributed by atoms with Gasteiger partial charge in [0.1, 0.15) is 0 Å². The summed E-state index contributed by atoms with van der Waals surface area (Å²) < 4.78 is 0. The highest BCUT2D eigenvalue weighted by molar-refractivity contribution is 5.76. The molecule has 0 radical (unpaired) electrons. The van der Waals surface area contributed by atoms with Crippen LogP contribution in [0.15, 0.2) is 0 Å². The first-order chi connectivity index (χ1) is 7.10. The summed E-state index contributed by atoms with van der Waals surface area (Å²) in [5.74, 6) is 0.504. The zero-order valence-electron chi connectivity index (χ0n) is 10.3. The minimum Gasteiger partial charge on any atom is -0.391 e. The van der Waals surface area contributed by atoms with Gasteiger partial charge in [-0.2, -0.15) is 0 Å². The Labute approximate surface area is 93.3 Å². The summed E-state index contributed by atoms with van der Waals surface area (Å²) in [7, 11) is 0. The van der Waals surface area contributed by atoms with Gasteiger partial charge in [-0.15, -0.1) is 0 Å². The molecule has 2 N–H and O–H groups in total. The molecule has 3 nitrogen and oxygen atoms in total. The van der Waals surface area contributed by atoms with Gasteiger partial charge in [-0.25, -0.2) is 0 Å². The fourth-order valence-electron chi connectivity index (χ4n) is 1.65. The molecular formula is C12H25NO2. The fraction of sp³-hybridized carbons (Fsp3) is 0.917. The van der Waals surface area contributed by atoms with E-state index < -0.39 is 0 Å². The van der Waals surface area contributed by atoms with Gasteiger partial charge < -0.3 is 10.4 Å². The van der Waals surface area contributed by atoms with Crippen LogP contribution >= 0.6 is 0 Å². The number of aliphatic hydroxyl groups excluding tert-OH is 1. The molecule has 0 heterocycles. The van der Waals surface area contributed by atoms with Gasteiger partial charge >= 0.3 is 0 Å². The van der Waals surface area contributed by atoms with Gasteiger partial charge in [0.05, 0.1) is 6.10 Å². The van der Waals surface area contributed by atoms with Crippen LogP contribution in [0.2, 0.25) is 0 Å². The van der Waals surface area contributed by atoms with Gasteiger partial charge in [-0.1, -0.05) is 40.0 Å². The standard InChI is InChI=1S/C12H25NO2/c1-4-6-10(3)8-12(15)13-9-11(14)7-5-2/h10-11,14H,4-9H2,1-3H3,(H,13,15). The summed E-state index contributed by atoms with van der Waals surface area (Å²) in [6.07, 6.45) is 4.10. The monoisotopic (exact) mass is 215 g/mol. The molecule has 0 fully saturated rings. The van der Waals surface area contributed by atoms with Crippen LogP contribution in [-0.4, -0.2) is 23.7 Å². The molecule has 0 rings (SSSR count). The Bertz CT molecular complexity index is 171. The summed E-state index contributed by atoms with van der Waals surface area (Å²) in [6.45, 7) is 6.63. The Hall–Kier alpha value is -0.570. The number of nitrogens with one attached hydrogen (secondary N) is 1. The minimum absolute atomic E-state index is 0.0612. The van der Waals surface area contributed by atoms with Crippen LogP contribution in [-0.2, 0) is 4.79 Å². The van der Waals surface area contributed by atoms with E-state index >= 15 is 0 Å². The second kappa shape index (κ2) is 8.72. The molecule has 0 saturated carbocycles. The van der Waals surface area contributed by atoms with Gasteiger partial charge in [0.2, 0.25) is 5.91 Å². The third-order valence-electron chi connectivity index (χ3n) is 2.47. The second-order valence-corrected chi connectivity index (χ2v) is 4.34. The minimum atomic E-state index is -0.388. The van der Waals surface area contributed by atoms with E-state index in [1.54, 1.807) is 0 Å². The number of amides is 1. The molecule has 0 aromatic carbocycles. The molecule has 0 bridgehead atoms. The number of hydrogen-bond acceptors (Lipinski definition) is 2. The van der Waals surface area contributed by atoms with Crippen LogP contribution < -0.4 is 5.32 Å². The van der Waals surface area contributed by atoms with Crippen molar-refractivity contribution in [2.45, 2.75) is 59.0 Å². The predicted octanol–water partition coefficient (Wildman–Crippen LogP) is 2.09. The van der Waals surface area contributed by atoms with Gasteiger partial charge in [0, 0.05) is 13.0 Å². The molecule has 0 aliphatic carbocycles. The molecule has 0 spiro atoms. The second-order valence-electron chi connectivity index (χ2n) is 4.34. The molecule has 1 amide bonds. The lowest BCUT2D eigenvalue weighted by atomic mass is 10.0. The average molecular weight is 215 g/mol. The number of hydrogen-bond donors (Lipinski definition) is 2. The first-order valence-corrected chi connectivity index (χ1v) is 6.04. The molecule has 15 heavy (non-hydrogen) atoms. The van der Waals surface area contributed by atoms with Crippen molar-refractivity contribution in [1.82, 2.24) is 5.32 Å².